The second-order valence-corrected chi connectivity index (χ2v) is 6.16. The minimum atomic E-state index is 0.355. The predicted molar refractivity (Wildman–Crippen MR) is 72.7 cm³/mol. The first-order chi connectivity index (χ1) is 8.15. The summed E-state index contributed by atoms with van der Waals surface area (Å²) >= 11 is 9.76. The number of ketones is 1. The molecule has 0 aromatic heterocycles. The van der Waals surface area contributed by atoms with Crippen LogP contribution in [0.4, 0.5) is 5.69 Å². The van der Waals surface area contributed by atoms with Gasteiger partial charge in [-0.05, 0) is 31.0 Å². The van der Waals surface area contributed by atoms with Crippen LogP contribution in [0.25, 0.3) is 0 Å². The van der Waals surface area contributed by atoms with Crippen LogP contribution in [0.1, 0.15) is 25.7 Å². The molecule has 1 aromatic rings. The van der Waals surface area contributed by atoms with E-state index in [1.54, 1.807) is 0 Å². The first kappa shape index (κ1) is 11.5. The van der Waals surface area contributed by atoms with Crippen molar-refractivity contribution in [1.82, 2.24) is 0 Å². The van der Waals surface area contributed by atoms with Gasteiger partial charge in [0, 0.05) is 29.4 Å². The van der Waals surface area contributed by atoms with Crippen LogP contribution in [0.2, 0.25) is 5.02 Å². The topological polar surface area (TPSA) is 20.3 Å². The molecule has 0 aliphatic carbocycles. The molecular formula is C13H13BrClNO. The molecule has 0 amide bonds. The average molecular weight is 315 g/mol. The molecule has 0 spiro atoms. The third-order valence-corrected chi connectivity index (χ3v) is 4.55. The van der Waals surface area contributed by atoms with Crippen molar-refractivity contribution in [2.75, 3.05) is 4.90 Å². The zero-order valence-electron chi connectivity index (χ0n) is 9.33. The third kappa shape index (κ3) is 2.00. The fourth-order valence-electron chi connectivity index (χ4n) is 3.05. The van der Waals surface area contributed by atoms with E-state index in [4.69, 9.17) is 11.6 Å². The largest absolute Gasteiger partial charge is 0.363 e. The van der Waals surface area contributed by atoms with Gasteiger partial charge < -0.3 is 4.90 Å². The Morgan fingerprint density at radius 2 is 1.88 bits per heavy atom. The van der Waals surface area contributed by atoms with E-state index in [0.29, 0.717) is 30.7 Å². The number of piperidine rings is 1. The van der Waals surface area contributed by atoms with Gasteiger partial charge in [0.2, 0.25) is 0 Å². The van der Waals surface area contributed by atoms with Crippen LogP contribution in [0.3, 0.4) is 0 Å². The van der Waals surface area contributed by atoms with Crippen molar-refractivity contribution >= 4 is 39.0 Å². The molecule has 0 saturated carbocycles. The maximum Gasteiger partial charge on any atom is 0.137 e. The van der Waals surface area contributed by atoms with E-state index < -0.39 is 0 Å². The molecule has 1 aromatic carbocycles. The number of rotatable bonds is 1. The third-order valence-electron chi connectivity index (χ3n) is 3.73. The normalized spacial score (nSPS) is 27.6. The highest BCUT2D eigenvalue weighted by Crippen LogP contribution is 2.41. The van der Waals surface area contributed by atoms with Crippen molar-refractivity contribution < 1.29 is 4.79 Å². The van der Waals surface area contributed by atoms with E-state index >= 15 is 0 Å². The smallest absolute Gasteiger partial charge is 0.137 e. The molecule has 2 nitrogen and oxygen atoms in total. The summed E-state index contributed by atoms with van der Waals surface area (Å²) in [7, 11) is 0. The Hall–Kier alpha value is -0.540. The Morgan fingerprint density at radius 3 is 2.53 bits per heavy atom. The molecule has 2 aliphatic rings. The molecule has 4 heteroatoms. The minimum absolute atomic E-state index is 0.355. The Balaban J connectivity index is 1.99. The van der Waals surface area contributed by atoms with Gasteiger partial charge in [-0.15, -0.1) is 0 Å². The quantitative estimate of drug-likeness (QED) is 0.786. The Bertz CT molecular complexity index is 460. The second-order valence-electron chi connectivity index (χ2n) is 4.83. The van der Waals surface area contributed by atoms with Gasteiger partial charge in [-0.1, -0.05) is 27.5 Å². The summed E-state index contributed by atoms with van der Waals surface area (Å²) in [5.74, 6) is 0.403. The molecule has 90 valence electrons. The van der Waals surface area contributed by atoms with Crippen molar-refractivity contribution in [3.05, 3.63) is 27.7 Å². The molecular weight excluding hydrogens is 302 g/mol. The number of anilines is 1. The first-order valence-corrected chi connectivity index (χ1v) is 7.07. The maximum atomic E-state index is 11.6. The lowest BCUT2D eigenvalue weighted by Gasteiger charge is -2.36. The zero-order valence-corrected chi connectivity index (χ0v) is 11.7. The van der Waals surface area contributed by atoms with Crippen molar-refractivity contribution in [2.45, 2.75) is 37.8 Å². The molecule has 2 aliphatic heterocycles. The Labute approximate surface area is 114 Å². The SMILES string of the molecule is O=C1CC2CCC(C1)N2c1cc(Br)ccc1Cl. The predicted octanol–water partition coefficient (Wildman–Crippen LogP) is 3.80. The van der Waals surface area contributed by atoms with E-state index in [1.807, 2.05) is 12.1 Å². The van der Waals surface area contributed by atoms with E-state index in [2.05, 4.69) is 26.9 Å². The number of halogens is 2. The number of hydrogen-bond donors (Lipinski definition) is 0. The first-order valence-electron chi connectivity index (χ1n) is 5.90. The monoisotopic (exact) mass is 313 g/mol. The van der Waals surface area contributed by atoms with Gasteiger partial charge in [-0.2, -0.15) is 0 Å². The minimum Gasteiger partial charge on any atom is -0.363 e. The van der Waals surface area contributed by atoms with Crippen molar-refractivity contribution in [3.8, 4) is 0 Å². The van der Waals surface area contributed by atoms with E-state index in [0.717, 1.165) is 28.0 Å². The zero-order chi connectivity index (χ0) is 12.0. The lowest BCUT2D eigenvalue weighted by atomic mass is 10.0. The molecule has 2 heterocycles. The molecule has 2 atom stereocenters. The summed E-state index contributed by atoms with van der Waals surface area (Å²) < 4.78 is 1.04. The highest BCUT2D eigenvalue weighted by molar-refractivity contribution is 9.10. The lowest BCUT2D eigenvalue weighted by Crippen LogP contribution is -2.43. The number of hydrogen-bond acceptors (Lipinski definition) is 2. The highest BCUT2D eigenvalue weighted by atomic mass is 79.9. The summed E-state index contributed by atoms with van der Waals surface area (Å²) in [6.45, 7) is 0. The number of carbonyl (C=O) groups is 1. The number of nitrogens with zero attached hydrogens (tertiary/aromatic N) is 1. The van der Waals surface area contributed by atoms with Crippen molar-refractivity contribution in [3.63, 3.8) is 0 Å². The van der Waals surface area contributed by atoms with Gasteiger partial charge in [0.15, 0.2) is 0 Å². The van der Waals surface area contributed by atoms with E-state index in [9.17, 15) is 4.79 Å². The fourth-order valence-corrected chi connectivity index (χ4v) is 3.61. The van der Waals surface area contributed by atoms with Crippen LogP contribution in [-0.2, 0) is 4.79 Å². The molecule has 3 rings (SSSR count). The molecule has 2 fully saturated rings. The number of benzene rings is 1. The average Bonchev–Trinajstić information content (AvgIpc) is 2.54. The number of Topliss-reactive ketones (excluding diaryl/α,β-unsaturated/α-hetero) is 1. The Kier molecular flexibility index (Phi) is 2.91. The standard InChI is InChI=1S/C13H13BrClNO/c14-8-1-4-12(15)13(5-8)16-9-2-3-10(16)7-11(17)6-9/h1,4-5,9-10H,2-3,6-7H2. The van der Waals surface area contributed by atoms with Gasteiger partial charge in [-0.3, -0.25) is 4.79 Å². The van der Waals surface area contributed by atoms with Crippen LogP contribution in [0.15, 0.2) is 22.7 Å². The summed E-state index contributed by atoms with van der Waals surface area (Å²) in [4.78, 5) is 13.9. The number of carbonyl (C=O) groups excluding carboxylic acids is 1. The summed E-state index contributed by atoms with van der Waals surface area (Å²) in [6.07, 6.45) is 3.58. The highest BCUT2D eigenvalue weighted by Gasteiger charge is 2.40. The van der Waals surface area contributed by atoms with Crippen molar-refractivity contribution in [1.29, 1.82) is 0 Å². The van der Waals surface area contributed by atoms with Gasteiger partial charge in [0.25, 0.3) is 0 Å². The van der Waals surface area contributed by atoms with Crippen LogP contribution in [-0.4, -0.2) is 17.9 Å². The van der Waals surface area contributed by atoms with E-state index in [1.165, 1.54) is 0 Å². The molecule has 2 saturated heterocycles. The van der Waals surface area contributed by atoms with Crippen LogP contribution < -0.4 is 4.90 Å². The molecule has 2 bridgehead atoms. The van der Waals surface area contributed by atoms with Gasteiger partial charge in [-0.25, -0.2) is 0 Å². The molecule has 2 unspecified atom stereocenters. The summed E-state index contributed by atoms with van der Waals surface area (Å²) in [6, 6.07) is 6.63. The summed E-state index contributed by atoms with van der Waals surface area (Å²) in [5, 5.41) is 0.777. The second kappa shape index (κ2) is 4.29. The van der Waals surface area contributed by atoms with Crippen LogP contribution >= 0.6 is 27.5 Å². The Morgan fingerprint density at radius 1 is 1.24 bits per heavy atom. The summed E-state index contributed by atoms with van der Waals surface area (Å²) in [5.41, 5.74) is 1.07. The maximum absolute atomic E-state index is 11.6. The van der Waals surface area contributed by atoms with Gasteiger partial charge in [0.05, 0.1) is 10.7 Å². The lowest BCUT2D eigenvalue weighted by molar-refractivity contribution is -0.120. The molecule has 17 heavy (non-hydrogen) atoms. The van der Waals surface area contributed by atoms with E-state index in [-0.39, 0.29) is 0 Å². The fraction of sp³-hybridized carbons (Fsp3) is 0.462. The number of fused-ring (bicyclic) bond motifs is 2. The van der Waals surface area contributed by atoms with Crippen molar-refractivity contribution in [2.24, 2.45) is 0 Å². The molecule has 0 N–H and O–H groups in total. The van der Waals surface area contributed by atoms with Crippen LogP contribution in [0.5, 0.6) is 0 Å². The van der Waals surface area contributed by atoms with Crippen LogP contribution in [0, 0.1) is 0 Å². The molecule has 0 radical (unpaired) electrons. The van der Waals surface area contributed by atoms with Gasteiger partial charge in [0.1, 0.15) is 5.78 Å². The van der Waals surface area contributed by atoms with Gasteiger partial charge >= 0.3 is 0 Å².